The topological polar surface area (TPSA) is 43.6 Å². The Hall–Kier alpha value is -1.20. The molecular weight excluding hydrogens is 254 g/mol. The van der Waals surface area contributed by atoms with Gasteiger partial charge in [-0.2, -0.15) is 0 Å². The molecule has 4 nitrogen and oxygen atoms in total. The van der Waals surface area contributed by atoms with E-state index in [0.717, 1.165) is 0 Å². The minimum absolute atomic E-state index is 0.260. The number of imidazole rings is 1. The highest BCUT2D eigenvalue weighted by Gasteiger charge is 2.14. The van der Waals surface area contributed by atoms with Crippen LogP contribution in [0.15, 0.2) is 12.5 Å². The number of nitrogens with zero attached hydrogens (tertiary/aromatic N) is 4. The average Bonchev–Trinajstić information content (AvgIpc) is 2.73. The van der Waals surface area contributed by atoms with Crippen molar-refractivity contribution in [1.82, 2.24) is 19.5 Å². The summed E-state index contributed by atoms with van der Waals surface area (Å²) in [6.45, 7) is 2.64. The minimum atomic E-state index is -0.811. The number of rotatable bonds is 2. The van der Waals surface area contributed by atoms with E-state index in [-0.39, 0.29) is 16.1 Å². The third kappa shape index (κ3) is 1.88. The van der Waals surface area contributed by atoms with Gasteiger partial charge in [0.25, 0.3) is 0 Å². The molecular formula is C9H7Cl2FN4. The van der Waals surface area contributed by atoms with Crippen LogP contribution in [0, 0.1) is 5.82 Å². The fourth-order valence-electron chi connectivity index (χ4n) is 1.27. The average molecular weight is 261 g/mol. The molecule has 0 saturated carbocycles. The van der Waals surface area contributed by atoms with E-state index in [1.165, 1.54) is 0 Å². The van der Waals surface area contributed by atoms with Gasteiger partial charge in [0, 0.05) is 6.54 Å². The zero-order valence-corrected chi connectivity index (χ0v) is 9.80. The fourth-order valence-corrected chi connectivity index (χ4v) is 1.66. The molecule has 0 saturated heterocycles. The van der Waals surface area contributed by atoms with Gasteiger partial charge in [-0.25, -0.2) is 19.3 Å². The third-order valence-electron chi connectivity index (χ3n) is 2.05. The van der Waals surface area contributed by atoms with Crippen LogP contribution in [0.2, 0.25) is 10.3 Å². The molecule has 0 aromatic carbocycles. The SMILES string of the molecule is CCn1cncc1-c1nc(Cl)c(F)c(Cl)n1. The number of hydrogen-bond acceptors (Lipinski definition) is 3. The van der Waals surface area contributed by atoms with Gasteiger partial charge in [-0.1, -0.05) is 23.2 Å². The van der Waals surface area contributed by atoms with Gasteiger partial charge in [0.2, 0.25) is 0 Å². The molecule has 2 aromatic heterocycles. The van der Waals surface area contributed by atoms with Crippen molar-refractivity contribution in [3.63, 3.8) is 0 Å². The van der Waals surface area contributed by atoms with Crippen molar-refractivity contribution in [2.45, 2.75) is 13.5 Å². The largest absolute Gasteiger partial charge is 0.328 e. The maximum Gasteiger partial charge on any atom is 0.197 e. The van der Waals surface area contributed by atoms with E-state index in [4.69, 9.17) is 23.2 Å². The van der Waals surface area contributed by atoms with Crippen molar-refractivity contribution in [2.24, 2.45) is 0 Å². The van der Waals surface area contributed by atoms with E-state index in [2.05, 4.69) is 15.0 Å². The van der Waals surface area contributed by atoms with Gasteiger partial charge in [-0.05, 0) is 6.92 Å². The monoisotopic (exact) mass is 260 g/mol. The Kier molecular flexibility index (Phi) is 3.07. The van der Waals surface area contributed by atoms with E-state index < -0.39 is 5.82 Å². The van der Waals surface area contributed by atoms with Crippen LogP contribution in [0.4, 0.5) is 4.39 Å². The Morgan fingerprint density at radius 2 is 1.94 bits per heavy atom. The molecule has 0 aliphatic heterocycles. The van der Waals surface area contributed by atoms with Crippen LogP contribution in [-0.2, 0) is 6.54 Å². The lowest BCUT2D eigenvalue weighted by molar-refractivity contribution is 0.614. The molecule has 0 unspecified atom stereocenters. The van der Waals surface area contributed by atoms with Gasteiger partial charge in [-0.15, -0.1) is 0 Å². The molecule has 0 amide bonds. The van der Waals surface area contributed by atoms with Crippen molar-refractivity contribution in [3.05, 3.63) is 28.6 Å². The molecule has 0 bridgehead atoms. The van der Waals surface area contributed by atoms with Crippen LogP contribution in [0.5, 0.6) is 0 Å². The molecule has 0 atom stereocenters. The van der Waals surface area contributed by atoms with E-state index in [1.54, 1.807) is 17.1 Å². The predicted molar refractivity (Wildman–Crippen MR) is 58.9 cm³/mol. The van der Waals surface area contributed by atoms with Gasteiger partial charge in [0.15, 0.2) is 21.9 Å². The summed E-state index contributed by atoms with van der Waals surface area (Å²) < 4.78 is 14.9. The first-order valence-corrected chi connectivity index (χ1v) is 5.28. The van der Waals surface area contributed by atoms with E-state index >= 15 is 0 Å². The summed E-state index contributed by atoms with van der Waals surface area (Å²) in [5.41, 5.74) is 0.645. The molecule has 0 aliphatic rings. The second kappa shape index (κ2) is 4.35. The molecule has 2 rings (SSSR count). The Labute approximate surface area is 101 Å². The first kappa shape index (κ1) is 11.3. The van der Waals surface area contributed by atoms with Crippen LogP contribution in [0.25, 0.3) is 11.5 Å². The second-order valence-electron chi connectivity index (χ2n) is 3.01. The molecule has 0 N–H and O–H groups in total. The molecule has 0 radical (unpaired) electrons. The molecule has 2 aromatic rings. The van der Waals surface area contributed by atoms with Crippen molar-refractivity contribution < 1.29 is 4.39 Å². The summed E-state index contributed by atoms with van der Waals surface area (Å²) in [6.07, 6.45) is 3.20. The highest BCUT2D eigenvalue weighted by atomic mass is 35.5. The fraction of sp³-hybridized carbons (Fsp3) is 0.222. The van der Waals surface area contributed by atoms with E-state index in [1.807, 2.05) is 6.92 Å². The molecule has 2 heterocycles. The zero-order chi connectivity index (χ0) is 11.7. The first-order chi connectivity index (χ1) is 7.63. The maximum atomic E-state index is 13.1. The predicted octanol–water partition coefficient (Wildman–Crippen LogP) is 2.81. The smallest absolute Gasteiger partial charge is 0.197 e. The lowest BCUT2D eigenvalue weighted by Gasteiger charge is -2.04. The van der Waals surface area contributed by atoms with Gasteiger partial charge < -0.3 is 4.57 Å². The lowest BCUT2D eigenvalue weighted by Crippen LogP contribution is -2.00. The quantitative estimate of drug-likeness (QED) is 0.780. The van der Waals surface area contributed by atoms with Crippen molar-refractivity contribution in [2.75, 3.05) is 0 Å². The van der Waals surface area contributed by atoms with Gasteiger partial charge in [0.05, 0.1) is 12.5 Å². The molecule has 16 heavy (non-hydrogen) atoms. The Bertz CT molecular complexity index is 503. The third-order valence-corrected chi connectivity index (χ3v) is 2.55. The lowest BCUT2D eigenvalue weighted by atomic mass is 10.4. The summed E-state index contributed by atoms with van der Waals surface area (Å²) in [5.74, 6) is -0.551. The van der Waals surface area contributed by atoms with Crippen LogP contribution < -0.4 is 0 Å². The molecule has 0 fully saturated rings. The van der Waals surface area contributed by atoms with Crippen molar-refractivity contribution >= 4 is 23.2 Å². The normalized spacial score (nSPS) is 10.8. The van der Waals surface area contributed by atoms with Crippen LogP contribution in [0.3, 0.4) is 0 Å². The van der Waals surface area contributed by atoms with Gasteiger partial charge >= 0.3 is 0 Å². The number of halogens is 3. The molecule has 0 aliphatic carbocycles. The second-order valence-corrected chi connectivity index (χ2v) is 3.72. The summed E-state index contributed by atoms with van der Waals surface area (Å²) in [6, 6.07) is 0. The van der Waals surface area contributed by atoms with E-state index in [0.29, 0.717) is 12.2 Å². The van der Waals surface area contributed by atoms with Gasteiger partial charge in [0.1, 0.15) is 5.69 Å². The maximum absolute atomic E-state index is 13.1. The highest BCUT2D eigenvalue weighted by molar-refractivity contribution is 6.33. The number of aryl methyl sites for hydroxylation is 1. The molecule has 84 valence electrons. The number of aromatic nitrogens is 4. The van der Waals surface area contributed by atoms with Crippen LogP contribution in [0.1, 0.15) is 6.92 Å². The van der Waals surface area contributed by atoms with Crippen LogP contribution >= 0.6 is 23.2 Å². The summed E-state index contributed by atoms with van der Waals surface area (Å²) in [4.78, 5) is 11.6. The minimum Gasteiger partial charge on any atom is -0.328 e. The van der Waals surface area contributed by atoms with Crippen molar-refractivity contribution in [1.29, 1.82) is 0 Å². The van der Waals surface area contributed by atoms with E-state index in [9.17, 15) is 4.39 Å². The van der Waals surface area contributed by atoms with Crippen molar-refractivity contribution in [3.8, 4) is 11.5 Å². The first-order valence-electron chi connectivity index (χ1n) is 4.52. The summed E-state index contributed by atoms with van der Waals surface area (Å²) in [7, 11) is 0. The molecule has 7 heteroatoms. The van der Waals surface area contributed by atoms with Gasteiger partial charge in [-0.3, -0.25) is 0 Å². The Morgan fingerprint density at radius 1 is 1.31 bits per heavy atom. The Balaban J connectivity index is 2.57. The summed E-state index contributed by atoms with van der Waals surface area (Å²) in [5, 5.41) is -0.585. The summed E-state index contributed by atoms with van der Waals surface area (Å²) >= 11 is 11.2. The van der Waals surface area contributed by atoms with Crippen LogP contribution in [-0.4, -0.2) is 19.5 Å². The highest BCUT2D eigenvalue weighted by Crippen LogP contribution is 2.23. The zero-order valence-electron chi connectivity index (χ0n) is 8.28. The standard InChI is InChI=1S/C9H7Cl2FN4/c1-2-16-4-13-3-5(16)9-14-7(10)6(12)8(11)15-9/h3-4H,2H2,1H3. The molecule has 0 spiro atoms. The Morgan fingerprint density at radius 3 is 2.50 bits per heavy atom. The number of hydrogen-bond donors (Lipinski definition) is 0.